The molecule has 0 amide bonds. The highest BCUT2D eigenvalue weighted by Crippen LogP contribution is 2.42. The highest BCUT2D eigenvalue weighted by molar-refractivity contribution is 5.13. The molecule has 98 valence electrons. The molecule has 2 unspecified atom stereocenters. The molecule has 2 aliphatic rings. The van der Waals surface area contributed by atoms with E-state index in [4.69, 9.17) is 4.74 Å². The molecule has 1 aliphatic heterocycles. The molecule has 2 rings (SSSR count). The van der Waals surface area contributed by atoms with E-state index in [0.717, 1.165) is 26.0 Å². The fourth-order valence-electron chi connectivity index (χ4n) is 2.90. The minimum absolute atomic E-state index is 0.0159. The van der Waals surface area contributed by atoms with Gasteiger partial charge in [0.2, 0.25) is 5.92 Å². The highest BCUT2D eigenvalue weighted by atomic mass is 19.3. The van der Waals surface area contributed by atoms with Crippen molar-refractivity contribution in [3.8, 4) is 0 Å². The van der Waals surface area contributed by atoms with Crippen LogP contribution in [0, 0.1) is 5.92 Å². The first-order valence-corrected chi connectivity index (χ1v) is 6.54. The maximum absolute atomic E-state index is 13.3. The second-order valence-corrected chi connectivity index (χ2v) is 5.06. The van der Waals surface area contributed by atoms with Crippen LogP contribution in [-0.4, -0.2) is 25.1 Å². The summed E-state index contributed by atoms with van der Waals surface area (Å²) in [5.41, 5.74) is 1.17. The zero-order valence-electron chi connectivity index (χ0n) is 10.3. The first-order chi connectivity index (χ1) is 8.12. The standard InChI is InChI=1S/C13H21F2NO/c1-2-16-12(11-4-3-7-17-9-11)10-5-6-13(14,15)8-10/h9-10,12,16H,2-8H2,1H3. The molecule has 1 fully saturated rings. The average molecular weight is 245 g/mol. The summed E-state index contributed by atoms with van der Waals surface area (Å²) in [7, 11) is 0. The van der Waals surface area contributed by atoms with E-state index in [1.54, 1.807) is 6.26 Å². The molecule has 0 spiro atoms. The molecule has 2 atom stereocenters. The van der Waals surface area contributed by atoms with Gasteiger partial charge in [-0.3, -0.25) is 0 Å². The van der Waals surface area contributed by atoms with Gasteiger partial charge in [-0.05, 0) is 37.3 Å². The summed E-state index contributed by atoms with van der Waals surface area (Å²) in [6, 6.07) is 0.0775. The maximum Gasteiger partial charge on any atom is 0.248 e. The number of likely N-dealkylation sites (N-methyl/N-ethyl adjacent to an activating group) is 1. The molecule has 0 radical (unpaired) electrons. The molecule has 17 heavy (non-hydrogen) atoms. The zero-order chi connectivity index (χ0) is 12.3. The van der Waals surface area contributed by atoms with Crippen LogP contribution >= 0.6 is 0 Å². The molecule has 0 saturated heterocycles. The van der Waals surface area contributed by atoms with E-state index >= 15 is 0 Å². The van der Waals surface area contributed by atoms with Crippen LogP contribution in [0.4, 0.5) is 8.78 Å². The van der Waals surface area contributed by atoms with Gasteiger partial charge in [0.15, 0.2) is 0 Å². The van der Waals surface area contributed by atoms with Crippen molar-refractivity contribution in [3.63, 3.8) is 0 Å². The van der Waals surface area contributed by atoms with Crippen molar-refractivity contribution < 1.29 is 13.5 Å². The Bertz CT molecular complexity index is 291. The first kappa shape index (κ1) is 12.8. The molecule has 0 aromatic rings. The summed E-state index contributed by atoms with van der Waals surface area (Å²) in [6.07, 6.45) is 4.42. The summed E-state index contributed by atoms with van der Waals surface area (Å²) in [4.78, 5) is 0. The van der Waals surface area contributed by atoms with Gasteiger partial charge in [-0.2, -0.15) is 0 Å². The van der Waals surface area contributed by atoms with E-state index < -0.39 is 5.92 Å². The van der Waals surface area contributed by atoms with Crippen molar-refractivity contribution in [1.29, 1.82) is 0 Å². The molecule has 0 aromatic carbocycles. The zero-order valence-corrected chi connectivity index (χ0v) is 10.3. The summed E-state index contributed by atoms with van der Waals surface area (Å²) in [5, 5.41) is 3.35. The molecule has 0 aromatic heterocycles. The lowest BCUT2D eigenvalue weighted by molar-refractivity contribution is 0.00375. The molecular formula is C13H21F2NO. The molecule has 1 aliphatic carbocycles. The van der Waals surface area contributed by atoms with Crippen LogP contribution < -0.4 is 5.32 Å². The number of ether oxygens (including phenoxy) is 1. The van der Waals surface area contributed by atoms with Gasteiger partial charge in [-0.1, -0.05) is 6.92 Å². The number of halogens is 2. The Morgan fingerprint density at radius 1 is 1.59 bits per heavy atom. The van der Waals surface area contributed by atoms with E-state index in [-0.39, 0.29) is 24.8 Å². The van der Waals surface area contributed by atoms with Crippen LogP contribution in [-0.2, 0) is 4.74 Å². The molecule has 1 heterocycles. The second kappa shape index (κ2) is 5.34. The van der Waals surface area contributed by atoms with Crippen LogP contribution in [0.1, 0.15) is 39.0 Å². The average Bonchev–Trinajstić information content (AvgIpc) is 2.67. The van der Waals surface area contributed by atoms with Crippen molar-refractivity contribution in [2.24, 2.45) is 5.92 Å². The Morgan fingerprint density at radius 3 is 2.94 bits per heavy atom. The van der Waals surface area contributed by atoms with Gasteiger partial charge in [0.25, 0.3) is 0 Å². The van der Waals surface area contributed by atoms with Crippen LogP contribution in [0.3, 0.4) is 0 Å². The van der Waals surface area contributed by atoms with Gasteiger partial charge < -0.3 is 10.1 Å². The minimum atomic E-state index is -2.46. The predicted octanol–water partition coefficient (Wildman–Crippen LogP) is 3.09. The lowest BCUT2D eigenvalue weighted by Gasteiger charge is -2.28. The molecule has 4 heteroatoms. The summed E-state index contributed by atoms with van der Waals surface area (Å²) in [6.45, 7) is 3.58. The summed E-state index contributed by atoms with van der Waals surface area (Å²) >= 11 is 0. The monoisotopic (exact) mass is 245 g/mol. The molecule has 1 N–H and O–H groups in total. The van der Waals surface area contributed by atoms with Gasteiger partial charge in [-0.25, -0.2) is 8.78 Å². The van der Waals surface area contributed by atoms with Gasteiger partial charge in [-0.15, -0.1) is 0 Å². The van der Waals surface area contributed by atoms with Crippen LogP contribution in [0.15, 0.2) is 11.8 Å². The third-order valence-corrected chi connectivity index (χ3v) is 3.70. The van der Waals surface area contributed by atoms with E-state index in [9.17, 15) is 8.78 Å². The third-order valence-electron chi connectivity index (χ3n) is 3.70. The number of alkyl halides is 2. The molecule has 1 saturated carbocycles. The van der Waals surface area contributed by atoms with E-state index in [0.29, 0.717) is 6.42 Å². The second-order valence-electron chi connectivity index (χ2n) is 5.06. The third kappa shape index (κ3) is 3.18. The largest absolute Gasteiger partial charge is 0.501 e. The maximum atomic E-state index is 13.3. The van der Waals surface area contributed by atoms with E-state index in [1.165, 1.54) is 5.57 Å². The Balaban J connectivity index is 2.04. The van der Waals surface area contributed by atoms with Crippen LogP contribution in [0.5, 0.6) is 0 Å². The number of nitrogens with one attached hydrogen (secondary N) is 1. The van der Waals surface area contributed by atoms with Crippen molar-refractivity contribution in [2.75, 3.05) is 13.2 Å². The number of rotatable bonds is 4. The smallest absolute Gasteiger partial charge is 0.248 e. The fourth-order valence-corrected chi connectivity index (χ4v) is 2.90. The van der Waals surface area contributed by atoms with Gasteiger partial charge in [0, 0.05) is 18.9 Å². The lowest BCUT2D eigenvalue weighted by Crippen LogP contribution is -2.38. The van der Waals surface area contributed by atoms with Crippen molar-refractivity contribution >= 4 is 0 Å². The number of hydrogen-bond acceptors (Lipinski definition) is 2. The summed E-state index contributed by atoms with van der Waals surface area (Å²) < 4.78 is 31.9. The summed E-state index contributed by atoms with van der Waals surface area (Å²) in [5.74, 6) is -2.41. The van der Waals surface area contributed by atoms with Crippen LogP contribution in [0.25, 0.3) is 0 Å². The SMILES string of the molecule is CCNC(C1=COCCC1)C1CCC(F)(F)C1. The Labute approximate surface area is 101 Å². The van der Waals surface area contributed by atoms with Gasteiger partial charge >= 0.3 is 0 Å². The van der Waals surface area contributed by atoms with E-state index in [1.807, 2.05) is 6.92 Å². The molecule has 0 bridgehead atoms. The van der Waals surface area contributed by atoms with Crippen molar-refractivity contribution in [2.45, 2.75) is 51.0 Å². The fraction of sp³-hybridized carbons (Fsp3) is 0.846. The van der Waals surface area contributed by atoms with Gasteiger partial charge in [0.1, 0.15) is 0 Å². The Hall–Kier alpha value is -0.640. The lowest BCUT2D eigenvalue weighted by atomic mass is 9.89. The van der Waals surface area contributed by atoms with Gasteiger partial charge in [0.05, 0.1) is 12.9 Å². The normalized spacial score (nSPS) is 29.6. The molecule has 2 nitrogen and oxygen atoms in total. The van der Waals surface area contributed by atoms with E-state index in [2.05, 4.69) is 5.32 Å². The highest BCUT2D eigenvalue weighted by Gasteiger charge is 2.43. The number of hydrogen-bond donors (Lipinski definition) is 1. The Morgan fingerprint density at radius 2 is 2.41 bits per heavy atom. The quantitative estimate of drug-likeness (QED) is 0.821. The predicted molar refractivity (Wildman–Crippen MR) is 63.0 cm³/mol. The van der Waals surface area contributed by atoms with Crippen molar-refractivity contribution in [3.05, 3.63) is 11.8 Å². The Kier molecular flexibility index (Phi) is 4.02. The topological polar surface area (TPSA) is 21.3 Å². The van der Waals surface area contributed by atoms with Crippen molar-refractivity contribution in [1.82, 2.24) is 5.32 Å². The molecular weight excluding hydrogens is 224 g/mol. The first-order valence-electron chi connectivity index (χ1n) is 6.54. The van der Waals surface area contributed by atoms with Crippen LogP contribution in [0.2, 0.25) is 0 Å². The minimum Gasteiger partial charge on any atom is -0.501 e.